The molecule has 0 amide bonds. The lowest BCUT2D eigenvalue weighted by molar-refractivity contribution is 0.464. The number of hydrogen-bond donors (Lipinski definition) is 1. The summed E-state index contributed by atoms with van der Waals surface area (Å²) in [4.78, 5) is 0. The highest BCUT2D eigenvalue weighted by molar-refractivity contribution is 6.28. The smallest absolute Gasteiger partial charge is 0.193 e. The van der Waals surface area contributed by atoms with Crippen molar-refractivity contribution in [2.45, 2.75) is 19.9 Å². The lowest BCUT2D eigenvalue weighted by Crippen LogP contribution is -2.17. The van der Waals surface area contributed by atoms with Gasteiger partial charge in [-0.1, -0.05) is 12.1 Å². The van der Waals surface area contributed by atoms with Gasteiger partial charge in [-0.3, -0.25) is 0 Å². The molecule has 0 bridgehead atoms. The number of halogens is 2. The maximum atomic E-state index is 13.6. The quantitative estimate of drug-likeness (QED) is 0.909. The SMILES string of the molecule is CNC(c1cc(C)c(F)c(C)c1)c1ccc(Cl)o1. The molecule has 0 saturated carbocycles. The highest BCUT2D eigenvalue weighted by Crippen LogP contribution is 2.28. The van der Waals surface area contributed by atoms with Crippen LogP contribution in [0.4, 0.5) is 4.39 Å². The Bertz CT molecular complexity index is 542. The topological polar surface area (TPSA) is 25.2 Å². The molecule has 1 atom stereocenters. The fraction of sp³-hybridized carbons (Fsp3) is 0.286. The van der Waals surface area contributed by atoms with Crippen LogP contribution < -0.4 is 5.32 Å². The molecule has 2 nitrogen and oxygen atoms in total. The predicted molar refractivity (Wildman–Crippen MR) is 70.5 cm³/mol. The van der Waals surface area contributed by atoms with Crippen molar-refractivity contribution in [2.75, 3.05) is 7.05 Å². The fourth-order valence-electron chi connectivity index (χ4n) is 2.10. The van der Waals surface area contributed by atoms with Gasteiger partial charge in [0.2, 0.25) is 0 Å². The number of rotatable bonds is 3. The third kappa shape index (κ3) is 2.42. The van der Waals surface area contributed by atoms with Crippen LogP contribution in [-0.4, -0.2) is 7.05 Å². The van der Waals surface area contributed by atoms with Crippen LogP contribution in [-0.2, 0) is 0 Å². The van der Waals surface area contributed by atoms with E-state index in [9.17, 15) is 4.39 Å². The maximum absolute atomic E-state index is 13.6. The van der Waals surface area contributed by atoms with Crippen LogP contribution in [0.15, 0.2) is 28.7 Å². The molecule has 0 aliphatic heterocycles. The first kappa shape index (κ1) is 13.1. The van der Waals surface area contributed by atoms with Gasteiger partial charge in [-0.15, -0.1) is 0 Å². The number of furan rings is 1. The largest absolute Gasteiger partial charge is 0.448 e. The number of aryl methyl sites for hydroxylation is 2. The molecule has 1 aromatic heterocycles. The summed E-state index contributed by atoms with van der Waals surface area (Å²) in [7, 11) is 1.83. The van der Waals surface area contributed by atoms with Gasteiger partial charge in [0.15, 0.2) is 5.22 Å². The second-order valence-electron chi connectivity index (χ2n) is 4.33. The summed E-state index contributed by atoms with van der Waals surface area (Å²) in [5, 5.41) is 3.49. The van der Waals surface area contributed by atoms with E-state index in [1.54, 1.807) is 19.9 Å². The second kappa shape index (κ2) is 5.12. The molecule has 4 heteroatoms. The zero-order chi connectivity index (χ0) is 13.3. The van der Waals surface area contributed by atoms with Crippen molar-refractivity contribution in [1.82, 2.24) is 5.32 Å². The highest BCUT2D eigenvalue weighted by atomic mass is 35.5. The molecule has 0 aliphatic carbocycles. The lowest BCUT2D eigenvalue weighted by Gasteiger charge is -2.16. The van der Waals surface area contributed by atoms with Crippen LogP contribution >= 0.6 is 11.6 Å². The van der Waals surface area contributed by atoms with E-state index in [1.807, 2.05) is 25.2 Å². The Morgan fingerprint density at radius 1 is 1.22 bits per heavy atom. The summed E-state index contributed by atoms with van der Waals surface area (Å²) in [5.74, 6) is 0.555. The van der Waals surface area contributed by atoms with Gasteiger partial charge in [0.1, 0.15) is 11.6 Å². The molecule has 0 spiro atoms. The third-order valence-corrected chi connectivity index (χ3v) is 3.16. The van der Waals surface area contributed by atoms with Gasteiger partial charge in [0, 0.05) is 0 Å². The van der Waals surface area contributed by atoms with Crippen molar-refractivity contribution in [1.29, 1.82) is 0 Å². The van der Waals surface area contributed by atoms with Gasteiger partial charge < -0.3 is 9.73 Å². The minimum Gasteiger partial charge on any atom is -0.448 e. The van der Waals surface area contributed by atoms with E-state index < -0.39 is 0 Å². The summed E-state index contributed by atoms with van der Waals surface area (Å²) in [6.07, 6.45) is 0. The Hall–Kier alpha value is -1.32. The summed E-state index contributed by atoms with van der Waals surface area (Å²) in [6, 6.07) is 7.03. The first-order valence-electron chi connectivity index (χ1n) is 5.72. The Balaban J connectivity index is 2.45. The first-order chi connectivity index (χ1) is 8.52. The zero-order valence-electron chi connectivity index (χ0n) is 10.6. The van der Waals surface area contributed by atoms with Crippen molar-refractivity contribution < 1.29 is 8.81 Å². The molecule has 18 heavy (non-hydrogen) atoms. The van der Waals surface area contributed by atoms with Gasteiger partial charge >= 0.3 is 0 Å². The Labute approximate surface area is 111 Å². The summed E-state index contributed by atoms with van der Waals surface area (Å²) < 4.78 is 19.0. The van der Waals surface area contributed by atoms with Gasteiger partial charge in [0.05, 0.1) is 6.04 Å². The van der Waals surface area contributed by atoms with Crippen molar-refractivity contribution in [3.8, 4) is 0 Å². The lowest BCUT2D eigenvalue weighted by atomic mass is 9.99. The van der Waals surface area contributed by atoms with E-state index in [4.69, 9.17) is 16.0 Å². The average molecular weight is 268 g/mol. The highest BCUT2D eigenvalue weighted by Gasteiger charge is 2.17. The van der Waals surface area contributed by atoms with Gasteiger partial charge in [0.25, 0.3) is 0 Å². The number of hydrogen-bond acceptors (Lipinski definition) is 2. The summed E-state index contributed by atoms with van der Waals surface area (Å²) in [5.41, 5.74) is 2.21. The minimum atomic E-state index is -0.161. The van der Waals surface area contributed by atoms with E-state index in [0.717, 1.165) is 5.56 Å². The molecular weight excluding hydrogens is 253 g/mol. The molecule has 1 N–H and O–H groups in total. The molecule has 0 saturated heterocycles. The molecule has 1 unspecified atom stereocenters. The van der Waals surface area contributed by atoms with Crippen molar-refractivity contribution in [3.63, 3.8) is 0 Å². The fourth-order valence-corrected chi connectivity index (χ4v) is 2.25. The molecule has 2 aromatic rings. The van der Waals surface area contributed by atoms with E-state index in [0.29, 0.717) is 22.1 Å². The van der Waals surface area contributed by atoms with E-state index in [1.165, 1.54) is 0 Å². The average Bonchev–Trinajstić information content (AvgIpc) is 2.73. The van der Waals surface area contributed by atoms with Gasteiger partial charge in [-0.2, -0.15) is 0 Å². The standard InChI is InChI=1S/C14H15ClFNO/c1-8-6-10(7-9(2)13(8)16)14(17-3)11-4-5-12(15)18-11/h4-7,14,17H,1-3H3. The number of benzene rings is 1. The monoisotopic (exact) mass is 267 g/mol. The molecule has 0 fully saturated rings. The molecular formula is C14H15ClFNO. The van der Waals surface area contributed by atoms with Crippen molar-refractivity contribution >= 4 is 11.6 Å². The molecule has 1 aromatic carbocycles. The van der Waals surface area contributed by atoms with Crippen LogP contribution in [0.25, 0.3) is 0 Å². The zero-order valence-corrected chi connectivity index (χ0v) is 11.3. The second-order valence-corrected chi connectivity index (χ2v) is 4.70. The summed E-state index contributed by atoms with van der Waals surface area (Å²) >= 11 is 5.78. The van der Waals surface area contributed by atoms with Crippen LogP contribution in [0.3, 0.4) is 0 Å². The van der Waals surface area contributed by atoms with Gasteiger partial charge in [-0.25, -0.2) is 4.39 Å². The Morgan fingerprint density at radius 3 is 2.28 bits per heavy atom. The molecule has 2 rings (SSSR count). The maximum Gasteiger partial charge on any atom is 0.193 e. The van der Waals surface area contributed by atoms with Crippen LogP contribution in [0, 0.1) is 19.7 Å². The molecule has 96 valence electrons. The van der Waals surface area contributed by atoms with E-state index in [-0.39, 0.29) is 11.9 Å². The molecule has 1 heterocycles. The Kier molecular flexibility index (Phi) is 3.73. The van der Waals surface area contributed by atoms with Crippen LogP contribution in [0.5, 0.6) is 0 Å². The van der Waals surface area contributed by atoms with Gasteiger partial charge in [-0.05, 0) is 61.3 Å². The third-order valence-electron chi connectivity index (χ3n) is 2.96. The van der Waals surface area contributed by atoms with E-state index >= 15 is 0 Å². The van der Waals surface area contributed by atoms with Crippen molar-refractivity contribution in [2.24, 2.45) is 0 Å². The van der Waals surface area contributed by atoms with E-state index in [2.05, 4.69) is 5.32 Å². The van der Waals surface area contributed by atoms with Crippen LogP contribution in [0.2, 0.25) is 5.22 Å². The predicted octanol–water partition coefficient (Wildman–Crippen LogP) is 4.00. The minimum absolute atomic E-state index is 0.129. The first-order valence-corrected chi connectivity index (χ1v) is 6.10. The summed E-state index contributed by atoms with van der Waals surface area (Å²) in [6.45, 7) is 3.52. The van der Waals surface area contributed by atoms with Crippen molar-refractivity contribution in [3.05, 3.63) is 57.8 Å². The number of nitrogens with one attached hydrogen (secondary N) is 1. The molecule has 0 aliphatic rings. The normalized spacial score (nSPS) is 12.7. The molecule has 0 radical (unpaired) electrons. The Morgan fingerprint density at radius 2 is 1.83 bits per heavy atom. The van der Waals surface area contributed by atoms with Crippen LogP contribution in [0.1, 0.15) is 28.5 Å².